The van der Waals surface area contributed by atoms with E-state index in [2.05, 4.69) is 4.98 Å². The number of rotatable bonds is 6. The van der Waals surface area contributed by atoms with Crippen LogP contribution in [0.2, 0.25) is 0 Å². The molecule has 6 nitrogen and oxygen atoms in total. The maximum absolute atomic E-state index is 13.1. The number of nitrogens with zero attached hydrogens (tertiary/aromatic N) is 2. The Labute approximate surface area is 178 Å². The fourth-order valence-electron chi connectivity index (χ4n) is 4.16. The van der Waals surface area contributed by atoms with Gasteiger partial charge >= 0.3 is 6.09 Å². The minimum atomic E-state index is -0.556. The summed E-state index contributed by atoms with van der Waals surface area (Å²) in [6, 6.07) is 9.63. The van der Waals surface area contributed by atoms with Crippen LogP contribution in [0.1, 0.15) is 46.1 Å². The van der Waals surface area contributed by atoms with Crippen LogP contribution >= 0.6 is 0 Å². The Balaban J connectivity index is 1.71. The molecule has 0 unspecified atom stereocenters. The number of methoxy groups -OCH3 is 1. The number of ether oxygens (including phenoxy) is 2. The molecule has 3 rings (SSSR count). The Morgan fingerprint density at radius 1 is 1.27 bits per heavy atom. The summed E-state index contributed by atoms with van der Waals surface area (Å²) < 4.78 is 11.3. The number of aromatic nitrogens is 1. The molecule has 1 aromatic heterocycles. The van der Waals surface area contributed by atoms with E-state index in [1.807, 2.05) is 58.0 Å². The van der Waals surface area contributed by atoms with Crippen molar-refractivity contribution in [3.8, 4) is 0 Å². The lowest BCUT2D eigenvalue weighted by atomic mass is 9.89. The highest BCUT2D eigenvalue weighted by Gasteiger charge is 2.41. The number of pyridine rings is 1. The summed E-state index contributed by atoms with van der Waals surface area (Å²) in [5, 5.41) is 1.02. The highest BCUT2D eigenvalue weighted by Crippen LogP contribution is 2.29. The number of amides is 1. The quantitative estimate of drug-likeness (QED) is 0.703. The first-order chi connectivity index (χ1) is 14.2. The summed E-state index contributed by atoms with van der Waals surface area (Å²) in [5.74, 6) is -0.242. The zero-order chi connectivity index (χ0) is 21.9. The molecule has 0 saturated carbocycles. The first-order valence-electron chi connectivity index (χ1n) is 10.6. The third-order valence-electron chi connectivity index (χ3n) is 5.63. The van der Waals surface area contributed by atoms with Crippen molar-refractivity contribution in [2.45, 2.75) is 64.7 Å². The molecule has 30 heavy (non-hydrogen) atoms. The van der Waals surface area contributed by atoms with E-state index in [0.29, 0.717) is 13.0 Å². The first-order valence-corrected chi connectivity index (χ1v) is 10.6. The fraction of sp³-hybridized carbons (Fsp3) is 0.542. The second kappa shape index (κ2) is 9.13. The van der Waals surface area contributed by atoms with E-state index < -0.39 is 5.60 Å². The van der Waals surface area contributed by atoms with Crippen LogP contribution in [0.15, 0.2) is 36.5 Å². The summed E-state index contributed by atoms with van der Waals surface area (Å²) in [4.78, 5) is 31.8. The van der Waals surface area contributed by atoms with E-state index in [-0.39, 0.29) is 29.9 Å². The smallest absolute Gasteiger partial charge is 0.410 e. The molecule has 1 aliphatic heterocycles. The summed E-state index contributed by atoms with van der Waals surface area (Å²) >= 11 is 0. The predicted octanol–water partition coefficient (Wildman–Crippen LogP) is 4.40. The van der Waals surface area contributed by atoms with Gasteiger partial charge in [-0.1, -0.05) is 19.1 Å². The maximum Gasteiger partial charge on any atom is 0.410 e. The van der Waals surface area contributed by atoms with E-state index in [1.54, 1.807) is 18.2 Å². The zero-order valence-corrected chi connectivity index (χ0v) is 18.6. The average molecular weight is 413 g/mol. The third kappa shape index (κ3) is 5.17. The molecule has 2 heterocycles. The Hall–Kier alpha value is -2.47. The van der Waals surface area contributed by atoms with Crippen LogP contribution in [0.4, 0.5) is 4.79 Å². The van der Waals surface area contributed by atoms with Crippen molar-refractivity contribution in [3.05, 3.63) is 42.1 Å². The van der Waals surface area contributed by atoms with Crippen molar-refractivity contribution in [2.75, 3.05) is 13.7 Å². The average Bonchev–Trinajstić information content (AvgIpc) is 3.17. The molecule has 3 atom stereocenters. The summed E-state index contributed by atoms with van der Waals surface area (Å²) in [6.45, 7) is 8.09. The van der Waals surface area contributed by atoms with Crippen LogP contribution in [0, 0.1) is 5.92 Å². The number of carbonyl (C=O) groups is 2. The van der Waals surface area contributed by atoms with E-state index in [0.717, 1.165) is 29.3 Å². The van der Waals surface area contributed by atoms with Crippen LogP contribution in [0.25, 0.3) is 10.9 Å². The Kier molecular flexibility index (Phi) is 6.76. The summed E-state index contributed by atoms with van der Waals surface area (Å²) in [5.41, 5.74) is 1.31. The number of hydrogen-bond donors (Lipinski definition) is 0. The minimum Gasteiger partial charge on any atom is -0.444 e. The molecule has 0 bridgehead atoms. The number of fused-ring (bicyclic) bond motifs is 1. The Morgan fingerprint density at radius 3 is 2.73 bits per heavy atom. The van der Waals surface area contributed by atoms with Crippen LogP contribution in [-0.2, 0) is 20.7 Å². The molecule has 6 heteroatoms. The Bertz CT molecular complexity index is 905. The van der Waals surface area contributed by atoms with Gasteiger partial charge in [0.15, 0.2) is 0 Å². The van der Waals surface area contributed by atoms with E-state index in [1.165, 1.54) is 0 Å². The van der Waals surface area contributed by atoms with Crippen LogP contribution in [-0.4, -0.2) is 53.2 Å². The highest BCUT2D eigenvalue weighted by molar-refractivity contribution is 5.86. The van der Waals surface area contributed by atoms with Gasteiger partial charge in [0.05, 0.1) is 17.7 Å². The van der Waals surface area contributed by atoms with Gasteiger partial charge in [0.2, 0.25) is 0 Å². The number of benzene rings is 1. The lowest BCUT2D eigenvalue weighted by Gasteiger charge is -2.34. The molecule has 162 valence electrons. The highest BCUT2D eigenvalue weighted by atomic mass is 16.6. The second-order valence-corrected chi connectivity index (χ2v) is 9.05. The maximum atomic E-state index is 13.1. The second-order valence-electron chi connectivity index (χ2n) is 9.05. The van der Waals surface area contributed by atoms with Crippen LogP contribution in [0.3, 0.4) is 0 Å². The molecule has 0 aliphatic carbocycles. The van der Waals surface area contributed by atoms with E-state index in [4.69, 9.17) is 9.47 Å². The van der Waals surface area contributed by atoms with Crippen molar-refractivity contribution in [1.82, 2.24) is 9.88 Å². The normalized spacial score (nSPS) is 19.0. The van der Waals surface area contributed by atoms with Gasteiger partial charge in [0.1, 0.15) is 11.4 Å². The standard InChI is InChI=1S/C24H32N2O4/c1-16(21(27)15-17-10-11-19-18(14-17)8-6-12-25-19)22(29-5)20-9-7-13-26(20)23(28)30-24(2,3)4/h6,8,10-12,14,16,20,22H,7,9,13,15H2,1-5H3/t16-,20-,22+/m0/s1. The van der Waals surface area contributed by atoms with Gasteiger partial charge in [0.25, 0.3) is 0 Å². The minimum absolute atomic E-state index is 0.0983. The fourth-order valence-corrected chi connectivity index (χ4v) is 4.16. The van der Waals surface area contributed by atoms with Gasteiger partial charge in [-0.2, -0.15) is 0 Å². The van der Waals surface area contributed by atoms with Crippen molar-refractivity contribution >= 4 is 22.8 Å². The first kappa shape index (κ1) is 22.2. The molecule has 1 fully saturated rings. The number of carbonyl (C=O) groups excluding carboxylic acids is 2. The van der Waals surface area contributed by atoms with Crippen molar-refractivity contribution in [3.63, 3.8) is 0 Å². The van der Waals surface area contributed by atoms with E-state index in [9.17, 15) is 9.59 Å². The summed E-state index contributed by atoms with van der Waals surface area (Å²) in [6.07, 6.45) is 3.06. The van der Waals surface area contributed by atoms with Gasteiger partial charge in [-0.3, -0.25) is 9.78 Å². The van der Waals surface area contributed by atoms with Crippen molar-refractivity contribution < 1.29 is 19.1 Å². The molecule has 0 spiro atoms. The van der Waals surface area contributed by atoms with Crippen LogP contribution < -0.4 is 0 Å². The topological polar surface area (TPSA) is 68.7 Å². The largest absolute Gasteiger partial charge is 0.444 e. The number of likely N-dealkylation sites (tertiary alicyclic amines) is 1. The number of ketones is 1. The molecular weight excluding hydrogens is 380 g/mol. The molecule has 1 amide bonds. The van der Waals surface area contributed by atoms with Gasteiger partial charge in [-0.25, -0.2) is 4.79 Å². The van der Waals surface area contributed by atoms with E-state index >= 15 is 0 Å². The monoisotopic (exact) mass is 412 g/mol. The predicted molar refractivity (Wildman–Crippen MR) is 116 cm³/mol. The SMILES string of the molecule is CO[C@H]([C@@H](C)C(=O)Cc1ccc2ncccc2c1)[C@@H]1CCCN1C(=O)OC(C)(C)C. The molecule has 0 radical (unpaired) electrons. The molecule has 1 saturated heterocycles. The van der Waals surface area contributed by atoms with Gasteiger partial charge in [0, 0.05) is 37.6 Å². The molecular formula is C24H32N2O4. The van der Waals surface area contributed by atoms with Gasteiger partial charge in [-0.15, -0.1) is 0 Å². The lowest BCUT2D eigenvalue weighted by molar-refractivity contribution is -0.127. The van der Waals surface area contributed by atoms with Crippen LogP contribution in [0.5, 0.6) is 0 Å². The third-order valence-corrected chi connectivity index (χ3v) is 5.63. The molecule has 0 N–H and O–H groups in total. The molecule has 2 aromatic rings. The van der Waals surface area contributed by atoms with Crippen molar-refractivity contribution in [2.24, 2.45) is 5.92 Å². The number of Topliss-reactive ketones (excluding diaryl/α,β-unsaturated/α-hetero) is 1. The van der Waals surface area contributed by atoms with Crippen molar-refractivity contribution in [1.29, 1.82) is 0 Å². The van der Waals surface area contributed by atoms with Gasteiger partial charge in [-0.05, 0) is 57.4 Å². The molecule has 1 aliphatic rings. The van der Waals surface area contributed by atoms with Gasteiger partial charge < -0.3 is 14.4 Å². The summed E-state index contributed by atoms with van der Waals surface area (Å²) in [7, 11) is 1.61. The molecule has 1 aromatic carbocycles. The zero-order valence-electron chi connectivity index (χ0n) is 18.6. The Morgan fingerprint density at radius 2 is 2.03 bits per heavy atom. The lowest BCUT2D eigenvalue weighted by Crippen LogP contribution is -2.49. The number of hydrogen-bond acceptors (Lipinski definition) is 5.